The zero-order valence-electron chi connectivity index (χ0n) is 14.3. The molecule has 0 aliphatic carbocycles. The normalized spacial score (nSPS) is 19.0. The van der Waals surface area contributed by atoms with E-state index in [-0.39, 0.29) is 6.61 Å². The van der Waals surface area contributed by atoms with Crippen molar-refractivity contribution in [1.29, 1.82) is 0 Å². The molecule has 134 valence electrons. The molecule has 5 heteroatoms. The SMILES string of the molecule is Nc1ccccc1OC[C@@H](O)CN1CCC(Cc2ccc(Cl)cc2)C1. The summed E-state index contributed by atoms with van der Waals surface area (Å²) in [6.07, 6.45) is 1.69. The molecule has 3 rings (SSSR count). The van der Waals surface area contributed by atoms with E-state index in [0.29, 0.717) is 23.9 Å². The van der Waals surface area contributed by atoms with Gasteiger partial charge in [-0.1, -0.05) is 35.9 Å². The summed E-state index contributed by atoms with van der Waals surface area (Å²) in [5.41, 5.74) is 7.76. The molecule has 1 aliphatic heterocycles. The van der Waals surface area contributed by atoms with Gasteiger partial charge in [-0.2, -0.15) is 0 Å². The van der Waals surface area contributed by atoms with Gasteiger partial charge in [-0.3, -0.25) is 0 Å². The molecule has 2 aromatic carbocycles. The minimum Gasteiger partial charge on any atom is -0.489 e. The lowest BCUT2D eigenvalue weighted by Crippen LogP contribution is -2.34. The van der Waals surface area contributed by atoms with Crippen LogP contribution in [-0.2, 0) is 6.42 Å². The maximum atomic E-state index is 10.2. The average Bonchev–Trinajstić information content (AvgIpc) is 3.03. The van der Waals surface area contributed by atoms with E-state index < -0.39 is 6.10 Å². The van der Waals surface area contributed by atoms with Crippen LogP contribution < -0.4 is 10.5 Å². The molecule has 0 bridgehead atoms. The molecule has 1 saturated heterocycles. The van der Waals surface area contributed by atoms with Crippen LogP contribution in [0.1, 0.15) is 12.0 Å². The molecular weight excluding hydrogens is 336 g/mol. The molecule has 25 heavy (non-hydrogen) atoms. The minimum atomic E-state index is -0.520. The first-order chi connectivity index (χ1) is 12.1. The van der Waals surface area contributed by atoms with Crippen molar-refractivity contribution in [3.8, 4) is 5.75 Å². The highest BCUT2D eigenvalue weighted by atomic mass is 35.5. The number of hydrogen-bond acceptors (Lipinski definition) is 4. The van der Waals surface area contributed by atoms with Gasteiger partial charge in [0.15, 0.2) is 0 Å². The van der Waals surface area contributed by atoms with Crippen LogP contribution in [0.3, 0.4) is 0 Å². The van der Waals surface area contributed by atoms with Crippen LogP contribution in [0.2, 0.25) is 5.02 Å². The number of halogens is 1. The van der Waals surface area contributed by atoms with Crippen LogP contribution in [0.5, 0.6) is 5.75 Å². The number of nitrogen functional groups attached to an aromatic ring is 1. The quantitative estimate of drug-likeness (QED) is 0.744. The molecule has 0 radical (unpaired) electrons. The van der Waals surface area contributed by atoms with Gasteiger partial charge in [0.05, 0.1) is 5.69 Å². The summed E-state index contributed by atoms with van der Waals surface area (Å²) in [7, 11) is 0. The summed E-state index contributed by atoms with van der Waals surface area (Å²) >= 11 is 5.94. The van der Waals surface area contributed by atoms with Gasteiger partial charge in [-0.25, -0.2) is 0 Å². The van der Waals surface area contributed by atoms with E-state index in [0.717, 1.165) is 31.0 Å². The fourth-order valence-corrected chi connectivity index (χ4v) is 3.47. The van der Waals surface area contributed by atoms with E-state index in [1.165, 1.54) is 5.56 Å². The summed E-state index contributed by atoms with van der Waals surface area (Å²) in [5, 5.41) is 11.0. The second-order valence-electron chi connectivity index (χ2n) is 6.75. The first-order valence-electron chi connectivity index (χ1n) is 8.72. The van der Waals surface area contributed by atoms with Gasteiger partial charge in [-0.05, 0) is 55.1 Å². The highest BCUT2D eigenvalue weighted by Gasteiger charge is 2.24. The first-order valence-corrected chi connectivity index (χ1v) is 9.10. The molecule has 1 heterocycles. The predicted molar refractivity (Wildman–Crippen MR) is 102 cm³/mol. The van der Waals surface area contributed by atoms with Crippen LogP contribution in [0.15, 0.2) is 48.5 Å². The van der Waals surface area contributed by atoms with Crippen LogP contribution in [0, 0.1) is 5.92 Å². The molecule has 3 N–H and O–H groups in total. The lowest BCUT2D eigenvalue weighted by Gasteiger charge is -2.20. The van der Waals surface area contributed by atoms with Crippen molar-refractivity contribution in [2.45, 2.75) is 18.9 Å². The third-order valence-corrected chi connectivity index (χ3v) is 4.88. The molecular formula is C20H25ClN2O2. The Morgan fingerprint density at radius 3 is 2.72 bits per heavy atom. The van der Waals surface area contributed by atoms with Crippen molar-refractivity contribution in [2.24, 2.45) is 5.92 Å². The molecule has 2 aromatic rings. The lowest BCUT2D eigenvalue weighted by atomic mass is 9.99. The van der Waals surface area contributed by atoms with E-state index >= 15 is 0 Å². The Morgan fingerprint density at radius 2 is 1.96 bits per heavy atom. The molecule has 1 aliphatic rings. The third-order valence-electron chi connectivity index (χ3n) is 4.63. The lowest BCUT2D eigenvalue weighted by molar-refractivity contribution is 0.0750. The number of benzene rings is 2. The number of anilines is 1. The number of para-hydroxylation sites is 2. The van der Waals surface area contributed by atoms with E-state index in [9.17, 15) is 5.11 Å². The fraction of sp³-hybridized carbons (Fsp3) is 0.400. The van der Waals surface area contributed by atoms with Gasteiger partial charge in [0.25, 0.3) is 0 Å². The Bertz CT molecular complexity index is 678. The zero-order chi connectivity index (χ0) is 17.6. The molecule has 0 saturated carbocycles. The second-order valence-corrected chi connectivity index (χ2v) is 7.18. The van der Waals surface area contributed by atoms with E-state index in [1.807, 2.05) is 30.3 Å². The summed E-state index contributed by atoms with van der Waals surface area (Å²) in [5.74, 6) is 1.25. The summed E-state index contributed by atoms with van der Waals surface area (Å²) in [6.45, 7) is 2.91. The van der Waals surface area contributed by atoms with Crippen LogP contribution in [0.25, 0.3) is 0 Å². The maximum Gasteiger partial charge on any atom is 0.142 e. The number of nitrogens with zero attached hydrogens (tertiary/aromatic N) is 1. The van der Waals surface area contributed by atoms with Gasteiger partial charge in [0, 0.05) is 18.1 Å². The number of ether oxygens (including phenoxy) is 1. The summed E-state index contributed by atoms with van der Waals surface area (Å²) in [4.78, 5) is 2.31. The van der Waals surface area contributed by atoms with Crippen LogP contribution in [0.4, 0.5) is 5.69 Å². The third kappa shape index (κ3) is 5.36. The van der Waals surface area contributed by atoms with Crippen LogP contribution in [-0.4, -0.2) is 42.4 Å². The Hall–Kier alpha value is -1.75. The van der Waals surface area contributed by atoms with Crippen molar-refractivity contribution >= 4 is 17.3 Å². The highest BCUT2D eigenvalue weighted by molar-refractivity contribution is 6.30. The van der Waals surface area contributed by atoms with Gasteiger partial charge >= 0.3 is 0 Å². The van der Waals surface area contributed by atoms with Gasteiger partial charge in [-0.15, -0.1) is 0 Å². The first kappa shape index (κ1) is 18.1. The maximum absolute atomic E-state index is 10.2. The standard InChI is InChI=1S/C20H25ClN2O2/c21-17-7-5-15(6-8-17)11-16-9-10-23(12-16)13-18(24)14-25-20-4-2-1-3-19(20)22/h1-8,16,18,24H,9-14,22H2/t16?,18-/m0/s1. The number of β-amino-alcohol motifs (C(OH)–C–C–N with tert-alkyl or cyclic N) is 1. The van der Waals surface area contributed by atoms with E-state index in [1.54, 1.807) is 6.07 Å². The molecule has 0 aromatic heterocycles. The smallest absolute Gasteiger partial charge is 0.142 e. The Morgan fingerprint density at radius 1 is 1.20 bits per heavy atom. The van der Waals surface area contributed by atoms with Crippen molar-refractivity contribution in [2.75, 3.05) is 32.0 Å². The van der Waals surface area contributed by atoms with Crippen molar-refractivity contribution in [3.63, 3.8) is 0 Å². The predicted octanol–water partition coefficient (Wildman–Crippen LogP) is 3.23. The Kier molecular flexibility index (Phi) is 6.19. The van der Waals surface area contributed by atoms with E-state index in [2.05, 4.69) is 17.0 Å². The molecule has 0 spiro atoms. The van der Waals surface area contributed by atoms with Gasteiger partial charge in [0.2, 0.25) is 0 Å². The topological polar surface area (TPSA) is 58.7 Å². The highest BCUT2D eigenvalue weighted by Crippen LogP contribution is 2.23. The second kappa shape index (κ2) is 8.56. The number of nitrogens with two attached hydrogens (primary N) is 1. The van der Waals surface area contributed by atoms with Crippen LogP contribution >= 0.6 is 11.6 Å². The number of rotatable bonds is 7. The van der Waals surface area contributed by atoms with Crippen molar-refractivity contribution < 1.29 is 9.84 Å². The molecule has 4 nitrogen and oxygen atoms in total. The molecule has 2 atom stereocenters. The monoisotopic (exact) mass is 360 g/mol. The van der Waals surface area contributed by atoms with Crippen molar-refractivity contribution in [3.05, 3.63) is 59.1 Å². The average molecular weight is 361 g/mol. The molecule has 1 unspecified atom stereocenters. The zero-order valence-corrected chi connectivity index (χ0v) is 15.0. The number of aliphatic hydroxyl groups excluding tert-OH is 1. The molecule has 0 amide bonds. The molecule has 1 fully saturated rings. The largest absolute Gasteiger partial charge is 0.489 e. The number of likely N-dealkylation sites (tertiary alicyclic amines) is 1. The Balaban J connectivity index is 1.41. The Labute approximate surface area is 154 Å². The summed E-state index contributed by atoms with van der Waals surface area (Å²) in [6, 6.07) is 15.4. The van der Waals surface area contributed by atoms with E-state index in [4.69, 9.17) is 22.1 Å². The number of aliphatic hydroxyl groups is 1. The van der Waals surface area contributed by atoms with Crippen molar-refractivity contribution in [1.82, 2.24) is 4.90 Å². The fourth-order valence-electron chi connectivity index (χ4n) is 3.35. The van der Waals surface area contributed by atoms with Gasteiger partial charge < -0.3 is 20.5 Å². The number of hydrogen-bond donors (Lipinski definition) is 2. The van der Waals surface area contributed by atoms with Gasteiger partial charge in [0.1, 0.15) is 18.5 Å². The summed E-state index contributed by atoms with van der Waals surface area (Å²) < 4.78 is 5.63. The minimum absolute atomic E-state index is 0.257.